The van der Waals surface area contributed by atoms with Gasteiger partial charge >= 0.3 is 5.97 Å². The van der Waals surface area contributed by atoms with Crippen LogP contribution in [0.4, 0.5) is 5.69 Å². The molecule has 3 rings (SSSR count). The Balaban J connectivity index is 1.85. The lowest BCUT2D eigenvalue weighted by Crippen LogP contribution is -2.28. The van der Waals surface area contributed by atoms with Gasteiger partial charge in [0.05, 0.1) is 20.4 Å². The van der Waals surface area contributed by atoms with Crippen molar-refractivity contribution in [2.75, 3.05) is 13.1 Å². The van der Waals surface area contributed by atoms with Crippen molar-refractivity contribution in [1.29, 1.82) is 0 Å². The summed E-state index contributed by atoms with van der Waals surface area (Å²) < 4.78 is 31.8. The van der Waals surface area contributed by atoms with Crippen molar-refractivity contribution in [3.8, 4) is 5.75 Å². The SMILES string of the molecule is O=C(Oc1ccc([N+](=O)[O-])cc1)c1cc(S(=O)(=O)N2CCCC2)ccc1Cl. The molecule has 1 fully saturated rings. The van der Waals surface area contributed by atoms with Gasteiger partial charge in [0.25, 0.3) is 5.69 Å². The zero-order chi connectivity index (χ0) is 19.6. The number of non-ortho nitro benzene ring substituents is 1. The monoisotopic (exact) mass is 410 g/mol. The van der Waals surface area contributed by atoms with Crippen LogP contribution in [-0.2, 0) is 10.0 Å². The van der Waals surface area contributed by atoms with Crippen LogP contribution >= 0.6 is 11.6 Å². The third-order valence-electron chi connectivity index (χ3n) is 4.12. The molecule has 0 aromatic heterocycles. The zero-order valence-electron chi connectivity index (χ0n) is 14.0. The van der Waals surface area contributed by atoms with Crippen LogP contribution in [0.3, 0.4) is 0 Å². The Morgan fingerprint density at radius 1 is 1.11 bits per heavy atom. The van der Waals surface area contributed by atoms with Crippen LogP contribution in [0.1, 0.15) is 23.2 Å². The minimum atomic E-state index is -3.71. The number of hydrogen-bond donors (Lipinski definition) is 0. The Labute approximate surface area is 160 Å². The molecule has 1 aliphatic heterocycles. The van der Waals surface area contributed by atoms with Crippen molar-refractivity contribution in [2.24, 2.45) is 0 Å². The van der Waals surface area contributed by atoms with Gasteiger partial charge in [-0.25, -0.2) is 13.2 Å². The van der Waals surface area contributed by atoms with E-state index in [1.54, 1.807) is 0 Å². The first-order chi connectivity index (χ1) is 12.8. The van der Waals surface area contributed by atoms with Gasteiger partial charge in [0, 0.05) is 25.2 Å². The Bertz CT molecular complexity index is 985. The average Bonchev–Trinajstić information content (AvgIpc) is 3.18. The van der Waals surface area contributed by atoms with Crippen LogP contribution in [0.5, 0.6) is 5.75 Å². The number of carbonyl (C=O) groups excluding carboxylic acids is 1. The second-order valence-corrected chi connectivity index (χ2v) is 8.24. The van der Waals surface area contributed by atoms with E-state index in [4.69, 9.17) is 16.3 Å². The summed E-state index contributed by atoms with van der Waals surface area (Å²) in [4.78, 5) is 22.5. The number of nitro groups is 1. The third-order valence-corrected chi connectivity index (χ3v) is 6.34. The number of hydrogen-bond acceptors (Lipinski definition) is 6. The molecule has 142 valence electrons. The van der Waals surface area contributed by atoms with Gasteiger partial charge in [-0.2, -0.15) is 4.31 Å². The molecule has 0 radical (unpaired) electrons. The highest BCUT2D eigenvalue weighted by molar-refractivity contribution is 7.89. The van der Waals surface area contributed by atoms with Gasteiger partial charge in [-0.15, -0.1) is 0 Å². The first-order valence-electron chi connectivity index (χ1n) is 8.05. The van der Waals surface area contributed by atoms with E-state index < -0.39 is 20.9 Å². The Morgan fingerprint density at radius 2 is 1.74 bits per heavy atom. The van der Waals surface area contributed by atoms with Gasteiger partial charge in [0.2, 0.25) is 10.0 Å². The van der Waals surface area contributed by atoms with Crippen LogP contribution in [0, 0.1) is 10.1 Å². The van der Waals surface area contributed by atoms with Crippen LogP contribution in [0.15, 0.2) is 47.4 Å². The van der Waals surface area contributed by atoms with Gasteiger partial charge in [0.15, 0.2) is 0 Å². The minimum absolute atomic E-state index is 0.0375. The molecule has 1 saturated heterocycles. The second kappa shape index (κ2) is 7.63. The van der Waals surface area contributed by atoms with Crippen molar-refractivity contribution in [3.63, 3.8) is 0 Å². The van der Waals surface area contributed by atoms with Crippen molar-refractivity contribution in [3.05, 3.63) is 63.2 Å². The lowest BCUT2D eigenvalue weighted by molar-refractivity contribution is -0.384. The largest absolute Gasteiger partial charge is 0.423 e. The van der Waals surface area contributed by atoms with E-state index in [1.165, 1.54) is 46.8 Å². The fourth-order valence-corrected chi connectivity index (χ4v) is 4.44. The number of halogens is 1. The normalized spacial score (nSPS) is 14.9. The fraction of sp³-hybridized carbons (Fsp3) is 0.235. The maximum absolute atomic E-state index is 12.6. The molecule has 1 heterocycles. The third kappa shape index (κ3) is 4.10. The number of esters is 1. The van der Waals surface area contributed by atoms with Gasteiger partial charge < -0.3 is 4.74 Å². The number of carbonyl (C=O) groups is 1. The summed E-state index contributed by atoms with van der Waals surface area (Å²) in [5.41, 5.74) is -0.248. The standard InChI is InChI=1S/C17H15ClN2O6S/c18-16-8-7-14(27(24,25)19-9-1-2-10-19)11-15(16)17(21)26-13-5-3-12(4-6-13)20(22)23/h3-8,11H,1-2,9-10H2. The van der Waals surface area contributed by atoms with Gasteiger partial charge in [-0.1, -0.05) is 11.6 Å². The average molecular weight is 411 g/mol. The summed E-state index contributed by atoms with van der Waals surface area (Å²) in [6.07, 6.45) is 1.59. The zero-order valence-corrected chi connectivity index (χ0v) is 15.6. The topological polar surface area (TPSA) is 107 Å². The maximum Gasteiger partial charge on any atom is 0.345 e. The Kier molecular flexibility index (Phi) is 5.45. The summed E-state index contributed by atoms with van der Waals surface area (Å²) in [5, 5.41) is 10.7. The smallest absolute Gasteiger partial charge is 0.345 e. The quantitative estimate of drug-likeness (QED) is 0.324. The number of nitro benzene ring substituents is 1. The van der Waals surface area contributed by atoms with E-state index in [0.29, 0.717) is 13.1 Å². The highest BCUT2D eigenvalue weighted by Gasteiger charge is 2.28. The van der Waals surface area contributed by atoms with Gasteiger partial charge in [0.1, 0.15) is 5.75 Å². The molecule has 10 heteroatoms. The number of benzene rings is 2. The predicted octanol–water partition coefficient (Wildman–Crippen LogP) is 3.25. The lowest BCUT2D eigenvalue weighted by atomic mass is 10.2. The predicted molar refractivity (Wildman–Crippen MR) is 97.5 cm³/mol. The van der Waals surface area contributed by atoms with E-state index in [1.807, 2.05) is 0 Å². The first-order valence-corrected chi connectivity index (χ1v) is 9.87. The molecule has 0 amide bonds. The van der Waals surface area contributed by atoms with Crippen molar-refractivity contribution < 1.29 is 22.9 Å². The van der Waals surface area contributed by atoms with E-state index in [-0.39, 0.29) is 26.9 Å². The molecular formula is C17H15ClN2O6S. The molecule has 2 aromatic carbocycles. The number of ether oxygens (including phenoxy) is 1. The highest BCUT2D eigenvalue weighted by Crippen LogP contribution is 2.26. The highest BCUT2D eigenvalue weighted by atomic mass is 35.5. The van der Waals surface area contributed by atoms with E-state index in [2.05, 4.69) is 0 Å². The van der Waals surface area contributed by atoms with Crippen LogP contribution < -0.4 is 4.74 Å². The molecule has 0 N–H and O–H groups in total. The van der Waals surface area contributed by atoms with Gasteiger partial charge in [-0.3, -0.25) is 10.1 Å². The van der Waals surface area contributed by atoms with E-state index in [0.717, 1.165) is 12.8 Å². The molecule has 27 heavy (non-hydrogen) atoms. The molecule has 0 bridgehead atoms. The van der Waals surface area contributed by atoms with Gasteiger partial charge in [-0.05, 0) is 43.2 Å². The van der Waals surface area contributed by atoms with Crippen molar-refractivity contribution in [1.82, 2.24) is 4.31 Å². The van der Waals surface area contributed by atoms with E-state index in [9.17, 15) is 23.3 Å². The maximum atomic E-state index is 12.6. The molecule has 0 unspecified atom stereocenters. The summed E-state index contributed by atoms with van der Waals surface area (Å²) in [5.74, 6) is -0.776. The molecule has 0 saturated carbocycles. The summed E-state index contributed by atoms with van der Waals surface area (Å²) >= 11 is 6.04. The lowest BCUT2D eigenvalue weighted by Gasteiger charge is -2.16. The molecule has 8 nitrogen and oxygen atoms in total. The van der Waals surface area contributed by atoms with Crippen LogP contribution in [0.25, 0.3) is 0 Å². The fourth-order valence-electron chi connectivity index (χ4n) is 2.70. The second-order valence-electron chi connectivity index (χ2n) is 5.89. The number of sulfonamides is 1. The summed E-state index contributed by atoms with van der Waals surface area (Å²) in [6, 6.07) is 8.79. The number of rotatable bonds is 5. The Hall–Kier alpha value is -2.49. The molecule has 0 spiro atoms. The number of nitrogens with zero attached hydrogens (tertiary/aromatic N) is 2. The first kappa shape index (κ1) is 19.3. The Morgan fingerprint density at radius 3 is 2.33 bits per heavy atom. The molecule has 1 aliphatic rings. The summed E-state index contributed by atoms with van der Waals surface area (Å²) in [7, 11) is -3.71. The van der Waals surface area contributed by atoms with E-state index >= 15 is 0 Å². The van der Waals surface area contributed by atoms with Crippen LogP contribution in [-0.4, -0.2) is 36.7 Å². The molecule has 2 aromatic rings. The molecule has 0 atom stereocenters. The molecular weight excluding hydrogens is 396 g/mol. The molecule has 0 aliphatic carbocycles. The van der Waals surface area contributed by atoms with Crippen molar-refractivity contribution in [2.45, 2.75) is 17.7 Å². The van der Waals surface area contributed by atoms with Crippen molar-refractivity contribution >= 4 is 33.3 Å². The van der Waals surface area contributed by atoms with Crippen LogP contribution in [0.2, 0.25) is 5.02 Å². The summed E-state index contributed by atoms with van der Waals surface area (Å²) in [6.45, 7) is 0.876. The minimum Gasteiger partial charge on any atom is -0.423 e.